The molecule has 0 heterocycles. The van der Waals surface area contributed by atoms with Crippen LogP contribution in [-0.2, 0) is 0 Å². The molecule has 0 aromatic rings. The summed E-state index contributed by atoms with van der Waals surface area (Å²) in [6.07, 6.45) is 2.23. The van der Waals surface area contributed by atoms with Gasteiger partial charge >= 0.3 is 0 Å². The zero-order valence-corrected chi connectivity index (χ0v) is 5.89. The maximum absolute atomic E-state index is 11.5. The molecule has 0 N–H and O–H groups in total. The van der Waals surface area contributed by atoms with Crippen LogP contribution in [0.5, 0.6) is 0 Å². The summed E-state index contributed by atoms with van der Waals surface area (Å²) in [5, 5.41) is 0. The average Bonchev–Trinajstić information content (AvgIpc) is 1.88. The van der Waals surface area contributed by atoms with Crippen molar-refractivity contribution < 1.29 is 4.39 Å². The van der Waals surface area contributed by atoms with Gasteiger partial charge in [0.25, 0.3) is 0 Å². The molecule has 1 nitrogen and oxygen atoms in total. The lowest BCUT2D eigenvalue weighted by molar-refractivity contribution is 0.690. The maximum atomic E-state index is 11.5. The van der Waals surface area contributed by atoms with Gasteiger partial charge in [0, 0.05) is 6.20 Å². The zero-order chi connectivity index (χ0) is 7.70. The van der Waals surface area contributed by atoms with Gasteiger partial charge in [-0.2, -0.15) is 0 Å². The van der Waals surface area contributed by atoms with Crippen LogP contribution >= 0.6 is 0 Å². The number of aliphatic imine (C=N–C) groups is 1. The monoisotopic (exact) mass is 129 g/mol. The van der Waals surface area contributed by atoms with Gasteiger partial charge in [-0.1, -0.05) is 27.0 Å². The lowest BCUT2D eigenvalue weighted by Crippen LogP contribution is -1.65. The van der Waals surface area contributed by atoms with Crippen molar-refractivity contribution in [3.8, 4) is 0 Å². The van der Waals surface area contributed by atoms with Crippen molar-refractivity contribution in [2.75, 3.05) is 0 Å². The van der Waals surface area contributed by atoms with Gasteiger partial charge in [-0.15, -0.1) is 0 Å². The Balaban J connectivity index is 0. The van der Waals surface area contributed by atoms with E-state index in [-0.39, 0.29) is 0 Å². The van der Waals surface area contributed by atoms with Crippen molar-refractivity contribution in [1.29, 1.82) is 0 Å². The third kappa shape index (κ3) is 19.3. The van der Waals surface area contributed by atoms with Crippen LogP contribution in [0.2, 0.25) is 0 Å². The van der Waals surface area contributed by atoms with E-state index in [4.69, 9.17) is 0 Å². The van der Waals surface area contributed by atoms with E-state index in [9.17, 15) is 4.39 Å². The summed E-state index contributed by atoms with van der Waals surface area (Å²) >= 11 is 0. The summed E-state index contributed by atoms with van der Waals surface area (Å²) in [6.45, 7) is 10.2. The van der Waals surface area contributed by atoms with Crippen molar-refractivity contribution in [1.82, 2.24) is 0 Å². The molecule has 52 valence electrons. The van der Waals surface area contributed by atoms with Crippen LogP contribution < -0.4 is 0 Å². The van der Waals surface area contributed by atoms with Crippen LogP contribution in [0.4, 0.5) is 4.39 Å². The molecular weight excluding hydrogens is 117 g/mol. The maximum Gasteiger partial charge on any atom is 0.134 e. The third-order valence-corrected chi connectivity index (χ3v) is 0.320. The fourth-order valence-electron chi connectivity index (χ4n) is 0.134. The SMILES string of the molecule is C=CN=CC(=C)F.CC. The molecule has 0 aliphatic carbocycles. The highest BCUT2D eigenvalue weighted by Gasteiger charge is 1.72. The van der Waals surface area contributed by atoms with Crippen LogP contribution in [0.15, 0.2) is 30.2 Å². The molecule has 0 fully saturated rings. The normalized spacial score (nSPS) is 7.89. The highest BCUT2D eigenvalue weighted by molar-refractivity contribution is 5.74. The smallest absolute Gasteiger partial charge is 0.134 e. The Labute approximate surface area is 55.6 Å². The van der Waals surface area contributed by atoms with Gasteiger partial charge in [-0.05, 0) is 0 Å². The van der Waals surface area contributed by atoms with E-state index >= 15 is 0 Å². The fraction of sp³-hybridized carbons (Fsp3) is 0.286. The molecule has 9 heavy (non-hydrogen) atoms. The summed E-state index contributed by atoms with van der Waals surface area (Å²) in [4.78, 5) is 3.34. The lowest BCUT2D eigenvalue weighted by atomic mass is 10.7. The van der Waals surface area contributed by atoms with Gasteiger partial charge in [0.2, 0.25) is 0 Å². The standard InChI is InChI=1S/C5H6FN.C2H6/c1-3-7-4-5(2)6;1-2/h3-4H,1-2H2;1-2H3. The van der Waals surface area contributed by atoms with E-state index in [1.54, 1.807) is 0 Å². The molecule has 0 aliphatic rings. The van der Waals surface area contributed by atoms with Crippen molar-refractivity contribution in [2.45, 2.75) is 13.8 Å². The molecule has 0 radical (unpaired) electrons. The molecule has 0 saturated heterocycles. The van der Waals surface area contributed by atoms with Crippen LogP contribution in [0.3, 0.4) is 0 Å². The second kappa shape index (κ2) is 10.1. The van der Waals surface area contributed by atoms with Gasteiger partial charge in [0.1, 0.15) is 5.83 Å². The minimum absolute atomic E-state index is 0.556. The van der Waals surface area contributed by atoms with Crippen molar-refractivity contribution in [2.24, 2.45) is 4.99 Å². The van der Waals surface area contributed by atoms with Crippen LogP contribution in [0, 0.1) is 0 Å². The largest absolute Gasteiger partial charge is 0.262 e. The summed E-state index contributed by atoms with van der Waals surface area (Å²) in [5.74, 6) is -0.556. The zero-order valence-electron chi connectivity index (χ0n) is 5.89. The molecule has 0 amide bonds. The Morgan fingerprint density at radius 2 is 2.00 bits per heavy atom. The molecule has 2 heteroatoms. The molecule has 0 aliphatic heterocycles. The van der Waals surface area contributed by atoms with E-state index in [0.29, 0.717) is 0 Å². The highest BCUT2D eigenvalue weighted by atomic mass is 19.1. The van der Waals surface area contributed by atoms with E-state index in [1.807, 2.05) is 13.8 Å². The summed E-state index contributed by atoms with van der Waals surface area (Å²) in [7, 11) is 0. The second-order valence-electron chi connectivity index (χ2n) is 0.908. The fourth-order valence-corrected chi connectivity index (χ4v) is 0.134. The van der Waals surface area contributed by atoms with Crippen LogP contribution in [0.1, 0.15) is 13.8 Å². The Kier molecular flexibility index (Phi) is 12.3. The Bertz CT molecular complexity index is 105. The molecular formula is C7H12FN. The quantitative estimate of drug-likeness (QED) is 0.508. The van der Waals surface area contributed by atoms with Crippen molar-refractivity contribution in [3.05, 3.63) is 25.2 Å². The predicted octanol–water partition coefficient (Wildman–Crippen LogP) is 2.71. The lowest BCUT2D eigenvalue weighted by Gasteiger charge is -1.72. The van der Waals surface area contributed by atoms with Gasteiger partial charge in [0.05, 0.1) is 6.21 Å². The molecule has 0 atom stereocenters. The first-order valence-corrected chi connectivity index (χ1v) is 2.76. The van der Waals surface area contributed by atoms with Gasteiger partial charge < -0.3 is 0 Å². The summed E-state index contributed by atoms with van der Waals surface area (Å²) < 4.78 is 11.5. The Morgan fingerprint density at radius 3 is 2.11 bits per heavy atom. The Morgan fingerprint density at radius 1 is 1.56 bits per heavy atom. The second-order valence-corrected chi connectivity index (χ2v) is 0.908. The molecule has 0 aromatic carbocycles. The van der Waals surface area contributed by atoms with E-state index in [1.165, 1.54) is 6.20 Å². The van der Waals surface area contributed by atoms with Gasteiger partial charge in [0.15, 0.2) is 0 Å². The first-order chi connectivity index (χ1) is 4.27. The first kappa shape index (κ1) is 11.0. The number of hydrogen-bond acceptors (Lipinski definition) is 1. The summed E-state index contributed by atoms with van der Waals surface area (Å²) in [6, 6.07) is 0. The predicted molar refractivity (Wildman–Crippen MR) is 40.3 cm³/mol. The summed E-state index contributed by atoms with van der Waals surface area (Å²) in [5.41, 5.74) is 0. The minimum atomic E-state index is -0.556. The molecule has 0 saturated carbocycles. The van der Waals surface area contributed by atoms with Crippen LogP contribution in [-0.4, -0.2) is 6.21 Å². The number of rotatable bonds is 2. The topological polar surface area (TPSA) is 12.4 Å². The average molecular weight is 129 g/mol. The molecule has 0 rings (SSSR count). The third-order valence-electron chi connectivity index (χ3n) is 0.320. The Hall–Kier alpha value is -0.920. The van der Waals surface area contributed by atoms with Crippen LogP contribution in [0.25, 0.3) is 0 Å². The number of hydrogen-bond donors (Lipinski definition) is 0. The van der Waals surface area contributed by atoms with E-state index in [2.05, 4.69) is 18.2 Å². The van der Waals surface area contributed by atoms with Gasteiger partial charge in [-0.3, -0.25) is 4.99 Å². The molecule has 0 aromatic heterocycles. The minimum Gasteiger partial charge on any atom is -0.262 e. The van der Waals surface area contributed by atoms with Crippen molar-refractivity contribution in [3.63, 3.8) is 0 Å². The molecule has 0 bridgehead atoms. The van der Waals surface area contributed by atoms with Gasteiger partial charge in [-0.25, -0.2) is 4.39 Å². The number of nitrogens with zero attached hydrogens (tertiary/aromatic N) is 1. The first-order valence-electron chi connectivity index (χ1n) is 2.76. The molecule has 0 unspecified atom stereocenters. The van der Waals surface area contributed by atoms with E-state index < -0.39 is 5.83 Å². The van der Waals surface area contributed by atoms with E-state index in [0.717, 1.165) is 6.21 Å². The molecule has 0 spiro atoms. The van der Waals surface area contributed by atoms with Crippen molar-refractivity contribution >= 4 is 6.21 Å². The number of halogens is 1. The number of allylic oxidation sites excluding steroid dienone is 1. The highest BCUT2D eigenvalue weighted by Crippen LogP contribution is 1.82.